The molecule has 170 valence electrons. The Morgan fingerprint density at radius 3 is 2.81 bits per heavy atom. The summed E-state index contributed by atoms with van der Waals surface area (Å²) in [6.07, 6.45) is 0.707. The minimum Gasteiger partial charge on any atom is -0.475 e. The van der Waals surface area contributed by atoms with Crippen molar-refractivity contribution in [2.75, 3.05) is 6.61 Å². The molecule has 3 aromatic rings. The molecule has 1 aromatic carbocycles. The number of hydrogen-bond acceptors (Lipinski definition) is 4. The highest BCUT2D eigenvalue weighted by Crippen LogP contribution is 2.49. The van der Waals surface area contributed by atoms with E-state index in [0.29, 0.717) is 6.42 Å². The molecule has 0 radical (unpaired) electrons. The van der Waals surface area contributed by atoms with Crippen LogP contribution in [0.2, 0.25) is 0 Å². The van der Waals surface area contributed by atoms with Gasteiger partial charge in [0.1, 0.15) is 5.82 Å². The highest BCUT2D eigenvalue weighted by Gasteiger charge is 2.42. The van der Waals surface area contributed by atoms with E-state index in [4.69, 9.17) is 4.74 Å². The molecule has 2 aromatic heterocycles. The Kier molecular flexibility index (Phi) is 6.55. The van der Waals surface area contributed by atoms with Crippen LogP contribution >= 0.6 is 11.3 Å². The number of amides is 1. The fourth-order valence-electron chi connectivity index (χ4n) is 3.76. The first-order valence-electron chi connectivity index (χ1n) is 10.4. The Morgan fingerprint density at radius 2 is 2.06 bits per heavy atom. The Morgan fingerprint density at radius 1 is 1.28 bits per heavy atom. The quantitative estimate of drug-likeness (QED) is 0.468. The number of benzene rings is 1. The van der Waals surface area contributed by atoms with Gasteiger partial charge in [-0.3, -0.25) is 4.79 Å². The van der Waals surface area contributed by atoms with Crippen LogP contribution in [0.1, 0.15) is 48.0 Å². The maximum absolute atomic E-state index is 12.5. The first-order valence-corrected chi connectivity index (χ1v) is 11.2. The molecular weight excluding hydrogens is 439 g/mol. The van der Waals surface area contributed by atoms with Crippen LogP contribution in [-0.4, -0.2) is 28.2 Å². The van der Waals surface area contributed by atoms with E-state index in [2.05, 4.69) is 27.0 Å². The van der Waals surface area contributed by atoms with Crippen LogP contribution in [-0.2, 0) is 11.3 Å². The molecule has 1 fully saturated rings. The minimum absolute atomic E-state index is 0.0719. The third-order valence-electron chi connectivity index (χ3n) is 5.43. The number of thiophene rings is 1. The monoisotopic (exact) mass is 463 g/mol. The average Bonchev–Trinajstić information content (AvgIpc) is 3.14. The number of alkyl halides is 3. The zero-order valence-corrected chi connectivity index (χ0v) is 18.3. The van der Waals surface area contributed by atoms with Crippen LogP contribution in [0.25, 0.3) is 0 Å². The van der Waals surface area contributed by atoms with E-state index in [1.807, 2.05) is 31.3 Å². The van der Waals surface area contributed by atoms with Crippen molar-refractivity contribution in [1.29, 1.82) is 0 Å². The molecule has 0 saturated heterocycles. The summed E-state index contributed by atoms with van der Waals surface area (Å²) in [7, 11) is 0. The first kappa shape index (κ1) is 22.4. The summed E-state index contributed by atoms with van der Waals surface area (Å²) in [4.78, 5) is 17.8. The van der Waals surface area contributed by atoms with E-state index >= 15 is 0 Å². The Labute approximate surface area is 188 Å². The number of rotatable bonds is 9. The number of imidazole rings is 1. The van der Waals surface area contributed by atoms with Crippen molar-refractivity contribution < 1.29 is 22.7 Å². The van der Waals surface area contributed by atoms with Gasteiger partial charge in [-0.2, -0.15) is 13.2 Å². The van der Waals surface area contributed by atoms with Gasteiger partial charge in [-0.1, -0.05) is 30.3 Å². The summed E-state index contributed by atoms with van der Waals surface area (Å²) < 4.78 is 43.8. The summed E-state index contributed by atoms with van der Waals surface area (Å²) in [6, 6.07) is 13.0. The Hall–Kier alpha value is -2.81. The van der Waals surface area contributed by atoms with Gasteiger partial charge in [0.05, 0.1) is 6.04 Å². The van der Waals surface area contributed by atoms with Gasteiger partial charge in [0.25, 0.3) is 0 Å². The number of nitrogens with one attached hydrogen (secondary N) is 1. The topological polar surface area (TPSA) is 56.2 Å². The Balaban J connectivity index is 1.27. The smallest absolute Gasteiger partial charge is 0.422 e. The van der Waals surface area contributed by atoms with Gasteiger partial charge >= 0.3 is 6.18 Å². The predicted molar refractivity (Wildman–Crippen MR) is 116 cm³/mol. The fraction of sp³-hybridized carbons (Fsp3) is 0.391. The van der Waals surface area contributed by atoms with E-state index in [0.717, 1.165) is 35.0 Å². The molecule has 1 saturated carbocycles. The molecule has 2 heterocycles. The summed E-state index contributed by atoms with van der Waals surface area (Å²) >= 11 is 1.11. The molecule has 1 amide bonds. The number of hydrogen-bond donors (Lipinski definition) is 1. The lowest BCUT2D eigenvalue weighted by atomic mass is 10.2. The highest BCUT2D eigenvalue weighted by atomic mass is 32.1. The number of nitrogens with zero attached hydrogens (tertiary/aromatic N) is 2. The zero-order chi connectivity index (χ0) is 22.7. The van der Waals surface area contributed by atoms with Gasteiger partial charge in [0, 0.05) is 36.2 Å². The summed E-state index contributed by atoms with van der Waals surface area (Å²) in [5.74, 6) is 1.44. The lowest BCUT2D eigenvalue weighted by Gasteiger charge is -2.12. The molecule has 9 heteroatoms. The van der Waals surface area contributed by atoms with E-state index in [9.17, 15) is 18.0 Å². The van der Waals surface area contributed by atoms with E-state index < -0.39 is 12.8 Å². The lowest BCUT2D eigenvalue weighted by Crippen LogP contribution is -2.26. The van der Waals surface area contributed by atoms with Crippen molar-refractivity contribution in [2.45, 2.75) is 44.4 Å². The van der Waals surface area contributed by atoms with Crippen LogP contribution in [0.15, 0.2) is 54.9 Å². The summed E-state index contributed by atoms with van der Waals surface area (Å²) in [5.41, 5.74) is 1.20. The fourth-order valence-corrected chi connectivity index (χ4v) is 4.62. The molecule has 1 aliphatic carbocycles. The van der Waals surface area contributed by atoms with Gasteiger partial charge in [-0.05, 0) is 37.0 Å². The second kappa shape index (κ2) is 9.36. The average molecular weight is 464 g/mol. The third kappa shape index (κ3) is 5.91. The molecule has 4 rings (SSSR count). The van der Waals surface area contributed by atoms with Gasteiger partial charge in [-0.15, -0.1) is 11.3 Å². The van der Waals surface area contributed by atoms with Crippen LogP contribution < -0.4 is 10.1 Å². The predicted octanol–water partition coefficient (Wildman–Crippen LogP) is 5.31. The summed E-state index contributed by atoms with van der Waals surface area (Å²) in [5, 5.41) is 3.13. The second-order valence-corrected chi connectivity index (χ2v) is 9.13. The number of ether oxygens (including phenoxy) is 1. The van der Waals surface area contributed by atoms with Crippen LogP contribution in [0.4, 0.5) is 13.2 Å². The normalized spacial score (nSPS) is 18.9. The van der Waals surface area contributed by atoms with Gasteiger partial charge in [0.2, 0.25) is 5.91 Å². The first-order chi connectivity index (χ1) is 15.3. The third-order valence-corrected chi connectivity index (χ3v) is 6.61. The van der Waals surface area contributed by atoms with Crippen molar-refractivity contribution >= 4 is 17.2 Å². The van der Waals surface area contributed by atoms with Crippen molar-refractivity contribution in [1.82, 2.24) is 14.9 Å². The van der Waals surface area contributed by atoms with Crippen LogP contribution in [0.5, 0.6) is 5.06 Å². The maximum Gasteiger partial charge on any atom is 0.422 e. The van der Waals surface area contributed by atoms with Crippen LogP contribution in [0, 0.1) is 5.92 Å². The van der Waals surface area contributed by atoms with Crippen molar-refractivity contribution in [3.05, 3.63) is 71.1 Å². The van der Waals surface area contributed by atoms with Crippen molar-refractivity contribution in [3.8, 4) is 5.06 Å². The van der Waals surface area contributed by atoms with Crippen molar-refractivity contribution in [2.24, 2.45) is 5.92 Å². The largest absolute Gasteiger partial charge is 0.475 e. The van der Waals surface area contributed by atoms with Gasteiger partial charge in [-0.25, -0.2) is 4.98 Å². The second-order valence-electron chi connectivity index (χ2n) is 8.06. The van der Waals surface area contributed by atoms with Crippen molar-refractivity contribution in [3.63, 3.8) is 0 Å². The molecule has 3 atom stereocenters. The Bertz CT molecular complexity index is 1050. The summed E-state index contributed by atoms with van der Waals surface area (Å²) in [6.45, 7) is 1.24. The minimum atomic E-state index is -4.37. The molecule has 0 aliphatic heterocycles. The van der Waals surface area contributed by atoms with E-state index in [1.165, 1.54) is 11.6 Å². The molecule has 0 unspecified atom stereocenters. The molecule has 5 nitrogen and oxygen atoms in total. The molecule has 32 heavy (non-hydrogen) atoms. The molecule has 1 N–H and O–H groups in total. The van der Waals surface area contributed by atoms with E-state index in [-0.39, 0.29) is 28.8 Å². The number of halogens is 3. The zero-order valence-electron chi connectivity index (χ0n) is 17.5. The van der Waals surface area contributed by atoms with Crippen LogP contribution in [0.3, 0.4) is 0 Å². The number of carbonyl (C=O) groups is 1. The standard InChI is InChI=1S/C23H24F3N3O2S/c1-15(19-7-8-21(32-19)31-14-23(24,25)26)28-20(30)12-17-11-18(17)22-27-9-10-29(22)13-16-5-3-2-4-6-16/h2-10,15,17-18H,11-14H2,1H3,(H,28,30)/t15-,17+,18-/m1/s1. The SMILES string of the molecule is C[C@@H](NC(=O)C[C@@H]1C[C@H]1c1nccn1Cc1ccccc1)c1ccc(OCC(F)(F)F)s1. The lowest BCUT2D eigenvalue weighted by molar-refractivity contribution is -0.152. The van der Waals surface area contributed by atoms with Gasteiger partial charge < -0.3 is 14.6 Å². The van der Waals surface area contributed by atoms with E-state index in [1.54, 1.807) is 12.3 Å². The van der Waals surface area contributed by atoms with Gasteiger partial charge in [0.15, 0.2) is 11.7 Å². The number of aromatic nitrogens is 2. The molecule has 0 spiro atoms. The molecule has 0 bridgehead atoms. The molecular formula is C23H24F3N3O2S. The molecule has 1 aliphatic rings. The maximum atomic E-state index is 12.5. The highest BCUT2D eigenvalue weighted by molar-refractivity contribution is 7.13. The number of carbonyl (C=O) groups excluding carboxylic acids is 1.